The minimum Gasteiger partial charge on any atom is -0.383 e. The fourth-order valence-corrected chi connectivity index (χ4v) is 1.80. The maximum Gasteiger partial charge on any atom is 0.200 e. The zero-order chi connectivity index (χ0) is 15.0. The van der Waals surface area contributed by atoms with Crippen molar-refractivity contribution in [1.82, 2.24) is 0 Å². The molecule has 0 aromatic heterocycles. The van der Waals surface area contributed by atoms with E-state index in [4.69, 9.17) is 11.6 Å². The molecule has 0 aliphatic heterocycles. The quantitative estimate of drug-likeness (QED) is 0.503. The van der Waals surface area contributed by atoms with Crippen molar-refractivity contribution in [1.29, 1.82) is 0 Å². The number of aliphatic hydroxyl groups is 1. The van der Waals surface area contributed by atoms with E-state index in [0.717, 1.165) is 0 Å². The van der Waals surface area contributed by atoms with E-state index in [1.807, 2.05) is 0 Å². The first-order valence-corrected chi connectivity index (χ1v) is 5.67. The monoisotopic (exact) mass is 308 g/mol. The van der Waals surface area contributed by atoms with Crippen LogP contribution in [0, 0.1) is 29.1 Å². The lowest BCUT2D eigenvalue weighted by Crippen LogP contribution is -2.12. The molecule has 0 aliphatic rings. The summed E-state index contributed by atoms with van der Waals surface area (Å²) in [6, 6.07) is 5.05. The summed E-state index contributed by atoms with van der Waals surface area (Å²) in [5, 5.41) is 10.1. The van der Waals surface area contributed by atoms with Crippen LogP contribution < -0.4 is 0 Å². The molecule has 0 bridgehead atoms. The molecule has 0 saturated carbocycles. The Kier molecular flexibility index (Phi) is 3.96. The molecule has 0 radical (unpaired) electrons. The van der Waals surface area contributed by atoms with Crippen LogP contribution in [0.15, 0.2) is 24.3 Å². The van der Waals surface area contributed by atoms with Gasteiger partial charge in [-0.15, -0.1) is 0 Å². The molecule has 2 aromatic rings. The summed E-state index contributed by atoms with van der Waals surface area (Å²) in [4.78, 5) is 0. The third-order valence-corrected chi connectivity index (χ3v) is 2.95. The van der Waals surface area contributed by atoms with Gasteiger partial charge in [0, 0.05) is 5.02 Å². The summed E-state index contributed by atoms with van der Waals surface area (Å²) >= 11 is 5.60. The fourth-order valence-electron chi connectivity index (χ4n) is 1.67. The zero-order valence-electron chi connectivity index (χ0n) is 9.60. The molecule has 1 nitrogen and oxygen atoms in total. The zero-order valence-corrected chi connectivity index (χ0v) is 10.4. The average molecular weight is 309 g/mol. The van der Waals surface area contributed by atoms with Crippen LogP contribution in [0.5, 0.6) is 0 Å². The summed E-state index contributed by atoms with van der Waals surface area (Å²) in [5.41, 5.74) is -1.36. The smallest absolute Gasteiger partial charge is 0.200 e. The van der Waals surface area contributed by atoms with Crippen LogP contribution in [0.1, 0.15) is 17.2 Å². The van der Waals surface area contributed by atoms with Gasteiger partial charge in [-0.05, 0) is 17.7 Å². The van der Waals surface area contributed by atoms with Gasteiger partial charge in [-0.1, -0.05) is 23.7 Å². The summed E-state index contributed by atoms with van der Waals surface area (Å²) in [7, 11) is 0. The molecule has 7 heteroatoms. The number of halogens is 6. The SMILES string of the molecule is OC(c1ccc(Cl)cc1)c1c(F)c(F)c(F)c(F)c1F. The van der Waals surface area contributed by atoms with Crippen molar-refractivity contribution in [3.8, 4) is 0 Å². The van der Waals surface area contributed by atoms with E-state index in [2.05, 4.69) is 0 Å². The Balaban J connectivity index is 2.60. The summed E-state index contributed by atoms with van der Waals surface area (Å²) in [6.45, 7) is 0. The van der Waals surface area contributed by atoms with Gasteiger partial charge in [0.25, 0.3) is 0 Å². The van der Waals surface area contributed by atoms with Gasteiger partial charge in [0.2, 0.25) is 5.82 Å². The van der Waals surface area contributed by atoms with Gasteiger partial charge < -0.3 is 5.11 Å². The molecule has 0 saturated heterocycles. The molecular weight excluding hydrogens is 303 g/mol. The Morgan fingerprint density at radius 3 is 1.60 bits per heavy atom. The number of rotatable bonds is 2. The van der Waals surface area contributed by atoms with E-state index in [9.17, 15) is 27.1 Å². The van der Waals surface area contributed by atoms with E-state index < -0.39 is 40.8 Å². The highest BCUT2D eigenvalue weighted by molar-refractivity contribution is 6.30. The highest BCUT2D eigenvalue weighted by atomic mass is 35.5. The number of aliphatic hydroxyl groups excluding tert-OH is 1. The van der Waals surface area contributed by atoms with E-state index >= 15 is 0 Å². The Morgan fingerprint density at radius 1 is 0.750 bits per heavy atom. The van der Waals surface area contributed by atoms with Crippen molar-refractivity contribution >= 4 is 11.6 Å². The van der Waals surface area contributed by atoms with Gasteiger partial charge in [-0.2, -0.15) is 0 Å². The summed E-state index contributed by atoms with van der Waals surface area (Å²) in [5.74, 6) is -10.6. The molecule has 0 amide bonds. The molecule has 0 spiro atoms. The fraction of sp³-hybridized carbons (Fsp3) is 0.0769. The number of hydrogen-bond donors (Lipinski definition) is 1. The lowest BCUT2D eigenvalue weighted by molar-refractivity contribution is 0.203. The lowest BCUT2D eigenvalue weighted by Gasteiger charge is -2.14. The standard InChI is InChI=1S/C13H6ClF5O/c14-6-3-1-5(2-4-6)13(20)7-8(15)10(17)12(19)11(18)9(7)16/h1-4,13,20H. The highest BCUT2D eigenvalue weighted by Gasteiger charge is 2.30. The van der Waals surface area contributed by atoms with Crippen LogP contribution >= 0.6 is 11.6 Å². The Labute approximate surface area is 115 Å². The molecular formula is C13H6ClF5O. The van der Waals surface area contributed by atoms with Gasteiger partial charge in [0.15, 0.2) is 23.3 Å². The second kappa shape index (κ2) is 5.38. The van der Waals surface area contributed by atoms with Gasteiger partial charge in [0.05, 0.1) is 5.56 Å². The average Bonchev–Trinajstić information content (AvgIpc) is 2.44. The lowest BCUT2D eigenvalue weighted by atomic mass is 10.00. The van der Waals surface area contributed by atoms with Crippen molar-refractivity contribution in [2.24, 2.45) is 0 Å². The van der Waals surface area contributed by atoms with Crippen LogP contribution in [0.3, 0.4) is 0 Å². The Hall–Kier alpha value is -1.66. The van der Waals surface area contributed by atoms with Gasteiger partial charge >= 0.3 is 0 Å². The molecule has 106 valence electrons. The molecule has 2 rings (SSSR count). The van der Waals surface area contributed by atoms with Crippen molar-refractivity contribution in [2.75, 3.05) is 0 Å². The van der Waals surface area contributed by atoms with Crippen molar-refractivity contribution < 1.29 is 27.1 Å². The minimum atomic E-state index is -2.27. The second-order valence-corrected chi connectivity index (χ2v) is 4.37. The number of benzene rings is 2. The first-order valence-electron chi connectivity index (χ1n) is 5.29. The van der Waals surface area contributed by atoms with Crippen LogP contribution in [0.2, 0.25) is 5.02 Å². The molecule has 2 aromatic carbocycles. The molecule has 0 aliphatic carbocycles. The van der Waals surface area contributed by atoms with E-state index in [0.29, 0.717) is 5.02 Å². The van der Waals surface area contributed by atoms with Crippen molar-refractivity contribution in [2.45, 2.75) is 6.10 Å². The molecule has 0 fully saturated rings. The van der Waals surface area contributed by atoms with Crippen molar-refractivity contribution in [3.05, 3.63) is 69.5 Å². The second-order valence-electron chi connectivity index (χ2n) is 3.94. The normalized spacial score (nSPS) is 12.6. The van der Waals surface area contributed by atoms with Crippen LogP contribution in [-0.4, -0.2) is 5.11 Å². The molecule has 1 N–H and O–H groups in total. The van der Waals surface area contributed by atoms with Gasteiger partial charge in [-0.25, -0.2) is 22.0 Å². The maximum atomic E-state index is 13.5. The van der Waals surface area contributed by atoms with Crippen LogP contribution in [0.4, 0.5) is 22.0 Å². The van der Waals surface area contributed by atoms with E-state index in [1.165, 1.54) is 24.3 Å². The van der Waals surface area contributed by atoms with Crippen LogP contribution in [-0.2, 0) is 0 Å². The van der Waals surface area contributed by atoms with E-state index in [1.54, 1.807) is 0 Å². The first-order chi connectivity index (χ1) is 9.34. The van der Waals surface area contributed by atoms with Gasteiger partial charge in [-0.3, -0.25) is 0 Å². The maximum absolute atomic E-state index is 13.5. The third-order valence-electron chi connectivity index (χ3n) is 2.70. The third kappa shape index (κ3) is 2.36. The Morgan fingerprint density at radius 2 is 1.15 bits per heavy atom. The predicted octanol–water partition coefficient (Wildman–Crippen LogP) is 4.12. The summed E-state index contributed by atoms with van der Waals surface area (Å²) in [6.07, 6.45) is -2.00. The molecule has 20 heavy (non-hydrogen) atoms. The molecule has 1 unspecified atom stereocenters. The topological polar surface area (TPSA) is 20.2 Å². The predicted molar refractivity (Wildman–Crippen MR) is 61.7 cm³/mol. The summed E-state index contributed by atoms with van der Waals surface area (Å²) < 4.78 is 66.0. The van der Waals surface area contributed by atoms with E-state index in [-0.39, 0.29) is 5.56 Å². The Bertz CT molecular complexity index is 628. The number of hydrogen-bond acceptors (Lipinski definition) is 1. The first kappa shape index (κ1) is 14.7. The van der Waals surface area contributed by atoms with Crippen molar-refractivity contribution in [3.63, 3.8) is 0 Å². The van der Waals surface area contributed by atoms with Gasteiger partial charge in [0.1, 0.15) is 6.10 Å². The largest absolute Gasteiger partial charge is 0.383 e. The minimum absolute atomic E-state index is 0.0578. The molecule has 0 heterocycles. The highest BCUT2D eigenvalue weighted by Crippen LogP contribution is 2.31. The van der Waals surface area contributed by atoms with Crippen LogP contribution in [0.25, 0.3) is 0 Å². The molecule has 1 atom stereocenters.